The lowest BCUT2D eigenvalue weighted by Gasteiger charge is -2.14. The molecule has 0 radical (unpaired) electrons. The molecule has 0 saturated heterocycles. The van der Waals surface area contributed by atoms with E-state index in [0.717, 1.165) is 11.3 Å². The summed E-state index contributed by atoms with van der Waals surface area (Å²) in [4.78, 5) is 11.4. The van der Waals surface area contributed by atoms with Crippen molar-refractivity contribution >= 4 is 5.91 Å². The summed E-state index contributed by atoms with van der Waals surface area (Å²) in [7, 11) is 1.51. The van der Waals surface area contributed by atoms with Gasteiger partial charge in [0.1, 0.15) is 19.0 Å². The molecule has 0 aliphatic heterocycles. The molecular weight excluding hydrogens is 282 g/mol. The molecule has 0 aliphatic carbocycles. The van der Waals surface area contributed by atoms with Gasteiger partial charge in [-0.1, -0.05) is 24.3 Å². The fourth-order valence-electron chi connectivity index (χ4n) is 2.03. The van der Waals surface area contributed by atoms with Gasteiger partial charge in [0.15, 0.2) is 11.5 Å². The van der Waals surface area contributed by atoms with Crippen LogP contribution in [0.3, 0.4) is 0 Å². The summed E-state index contributed by atoms with van der Waals surface area (Å²) in [6.45, 7) is 2.59. The van der Waals surface area contributed by atoms with Gasteiger partial charge in [0, 0.05) is 0 Å². The Morgan fingerprint density at radius 2 is 1.68 bits per heavy atom. The molecule has 22 heavy (non-hydrogen) atoms. The van der Waals surface area contributed by atoms with Crippen LogP contribution in [0.1, 0.15) is 15.9 Å². The van der Waals surface area contributed by atoms with Crippen LogP contribution in [0.2, 0.25) is 0 Å². The molecule has 0 atom stereocenters. The van der Waals surface area contributed by atoms with Crippen LogP contribution in [0.25, 0.3) is 0 Å². The average molecular weight is 301 g/mol. The minimum Gasteiger partial charge on any atom is -0.493 e. The SMILES string of the molecule is COc1cccc(C(N)=O)c1OCCOc1ccccc1C. The summed E-state index contributed by atoms with van der Waals surface area (Å²) in [6.07, 6.45) is 0. The molecule has 0 heterocycles. The first kappa shape index (κ1) is 15.7. The monoisotopic (exact) mass is 301 g/mol. The number of nitrogens with two attached hydrogens (primary N) is 1. The molecule has 0 bridgehead atoms. The van der Waals surface area contributed by atoms with E-state index in [1.165, 1.54) is 7.11 Å². The summed E-state index contributed by atoms with van der Waals surface area (Å²) in [5.74, 6) is 1.05. The number of benzene rings is 2. The largest absolute Gasteiger partial charge is 0.493 e. The summed E-state index contributed by atoms with van der Waals surface area (Å²) >= 11 is 0. The van der Waals surface area contributed by atoms with Gasteiger partial charge in [0.05, 0.1) is 12.7 Å². The second kappa shape index (κ2) is 7.36. The number of para-hydroxylation sites is 2. The molecule has 5 nitrogen and oxygen atoms in total. The van der Waals surface area contributed by atoms with Gasteiger partial charge >= 0.3 is 0 Å². The summed E-state index contributed by atoms with van der Waals surface area (Å²) in [5.41, 5.74) is 6.69. The molecule has 0 spiro atoms. The first-order valence-electron chi connectivity index (χ1n) is 6.91. The third-order valence-electron chi connectivity index (χ3n) is 3.15. The zero-order valence-corrected chi connectivity index (χ0v) is 12.7. The van der Waals surface area contributed by atoms with Gasteiger partial charge in [-0.25, -0.2) is 0 Å². The number of carbonyl (C=O) groups is 1. The van der Waals surface area contributed by atoms with Crippen molar-refractivity contribution in [3.63, 3.8) is 0 Å². The van der Waals surface area contributed by atoms with Crippen molar-refractivity contribution < 1.29 is 19.0 Å². The highest BCUT2D eigenvalue weighted by Crippen LogP contribution is 2.30. The van der Waals surface area contributed by atoms with Crippen LogP contribution in [0.4, 0.5) is 0 Å². The number of rotatable bonds is 7. The van der Waals surface area contributed by atoms with Crippen LogP contribution in [0.5, 0.6) is 17.2 Å². The molecular formula is C17H19NO4. The van der Waals surface area contributed by atoms with Gasteiger partial charge in [-0.3, -0.25) is 4.79 Å². The van der Waals surface area contributed by atoms with Crippen LogP contribution in [0.15, 0.2) is 42.5 Å². The van der Waals surface area contributed by atoms with Crippen LogP contribution in [-0.4, -0.2) is 26.2 Å². The van der Waals surface area contributed by atoms with Crippen molar-refractivity contribution in [1.29, 1.82) is 0 Å². The van der Waals surface area contributed by atoms with E-state index in [1.54, 1.807) is 18.2 Å². The maximum Gasteiger partial charge on any atom is 0.252 e. The quantitative estimate of drug-likeness (QED) is 0.798. The highest BCUT2D eigenvalue weighted by Gasteiger charge is 2.14. The number of primary amides is 1. The first-order valence-corrected chi connectivity index (χ1v) is 6.91. The van der Waals surface area contributed by atoms with Crippen LogP contribution in [0, 0.1) is 6.92 Å². The predicted octanol–water partition coefficient (Wildman–Crippen LogP) is 2.56. The van der Waals surface area contributed by atoms with Gasteiger partial charge in [-0.05, 0) is 30.7 Å². The lowest BCUT2D eigenvalue weighted by molar-refractivity contribution is 0.0994. The normalized spacial score (nSPS) is 10.1. The number of methoxy groups -OCH3 is 1. The Morgan fingerprint density at radius 3 is 2.36 bits per heavy atom. The molecule has 2 N–H and O–H groups in total. The number of amides is 1. The topological polar surface area (TPSA) is 70.8 Å². The Labute approximate surface area is 129 Å². The number of aryl methyl sites for hydroxylation is 1. The Hall–Kier alpha value is -2.69. The van der Waals surface area contributed by atoms with E-state index in [0.29, 0.717) is 18.1 Å². The van der Waals surface area contributed by atoms with Gasteiger partial charge < -0.3 is 19.9 Å². The molecule has 0 aromatic heterocycles. The molecule has 1 amide bonds. The highest BCUT2D eigenvalue weighted by atomic mass is 16.5. The molecule has 2 aromatic rings. The summed E-state index contributed by atoms with van der Waals surface area (Å²) < 4.78 is 16.5. The third kappa shape index (κ3) is 3.69. The van der Waals surface area contributed by atoms with E-state index in [2.05, 4.69) is 0 Å². The maximum absolute atomic E-state index is 11.4. The number of hydrogen-bond donors (Lipinski definition) is 1. The van der Waals surface area contributed by atoms with E-state index in [4.69, 9.17) is 19.9 Å². The molecule has 0 saturated carbocycles. The van der Waals surface area contributed by atoms with Crippen molar-refractivity contribution in [1.82, 2.24) is 0 Å². The van der Waals surface area contributed by atoms with Gasteiger partial charge in [0.2, 0.25) is 0 Å². The lowest BCUT2D eigenvalue weighted by atomic mass is 10.2. The molecule has 2 rings (SSSR count). The van der Waals surface area contributed by atoms with Gasteiger partial charge in [-0.2, -0.15) is 0 Å². The summed E-state index contributed by atoms with van der Waals surface area (Å²) in [5, 5.41) is 0. The molecule has 5 heteroatoms. The maximum atomic E-state index is 11.4. The fourth-order valence-corrected chi connectivity index (χ4v) is 2.03. The third-order valence-corrected chi connectivity index (χ3v) is 3.15. The average Bonchev–Trinajstić information content (AvgIpc) is 2.52. The Morgan fingerprint density at radius 1 is 1.00 bits per heavy atom. The van der Waals surface area contributed by atoms with Crippen molar-refractivity contribution in [2.45, 2.75) is 6.92 Å². The molecule has 2 aromatic carbocycles. The standard InChI is InChI=1S/C17H19NO4/c1-12-6-3-4-8-14(12)21-10-11-22-16-13(17(18)19)7-5-9-15(16)20-2/h3-9H,10-11H2,1-2H3,(H2,18,19). The minimum atomic E-state index is -0.561. The second-order valence-corrected chi connectivity index (χ2v) is 4.66. The van der Waals surface area contributed by atoms with E-state index in [1.807, 2.05) is 31.2 Å². The van der Waals surface area contributed by atoms with E-state index in [-0.39, 0.29) is 12.2 Å². The number of carbonyl (C=O) groups excluding carboxylic acids is 1. The number of hydrogen-bond acceptors (Lipinski definition) is 4. The van der Waals surface area contributed by atoms with Crippen molar-refractivity contribution in [3.8, 4) is 17.2 Å². The zero-order valence-electron chi connectivity index (χ0n) is 12.7. The zero-order chi connectivity index (χ0) is 15.9. The van der Waals surface area contributed by atoms with Crippen molar-refractivity contribution in [3.05, 3.63) is 53.6 Å². The van der Waals surface area contributed by atoms with Crippen LogP contribution in [-0.2, 0) is 0 Å². The lowest BCUT2D eigenvalue weighted by Crippen LogP contribution is -2.16. The predicted molar refractivity (Wildman–Crippen MR) is 83.7 cm³/mol. The van der Waals surface area contributed by atoms with Gasteiger partial charge in [0.25, 0.3) is 5.91 Å². The molecule has 0 aliphatic rings. The van der Waals surface area contributed by atoms with Crippen LogP contribution < -0.4 is 19.9 Å². The molecule has 0 unspecified atom stereocenters. The Kier molecular flexibility index (Phi) is 5.25. The molecule has 116 valence electrons. The Balaban J connectivity index is 2.00. The van der Waals surface area contributed by atoms with E-state index < -0.39 is 5.91 Å². The fraction of sp³-hybridized carbons (Fsp3) is 0.235. The van der Waals surface area contributed by atoms with E-state index in [9.17, 15) is 4.79 Å². The Bertz CT molecular complexity index is 655. The minimum absolute atomic E-state index is 0.273. The van der Waals surface area contributed by atoms with Crippen molar-refractivity contribution in [2.75, 3.05) is 20.3 Å². The number of ether oxygens (including phenoxy) is 3. The first-order chi connectivity index (χ1) is 10.6. The van der Waals surface area contributed by atoms with Crippen LogP contribution >= 0.6 is 0 Å². The second-order valence-electron chi connectivity index (χ2n) is 4.66. The highest BCUT2D eigenvalue weighted by molar-refractivity contribution is 5.96. The summed E-state index contributed by atoms with van der Waals surface area (Å²) in [6, 6.07) is 12.7. The van der Waals surface area contributed by atoms with Crippen molar-refractivity contribution in [2.24, 2.45) is 5.73 Å². The smallest absolute Gasteiger partial charge is 0.252 e. The van der Waals surface area contributed by atoms with E-state index >= 15 is 0 Å². The van der Waals surface area contributed by atoms with Gasteiger partial charge in [-0.15, -0.1) is 0 Å². The molecule has 0 fully saturated rings.